The fraction of sp³-hybridized carbons (Fsp3) is 0.118. The van der Waals surface area contributed by atoms with Crippen LogP contribution in [0, 0.1) is 0 Å². The number of rotatable bonds is 3. The average molecular weight is 591 g/mol. The maximum atomic E-state index is 14.1. The summed E-state index contributed by atoms with van der Waals surface area (Å²) in [7, 11) is 0. The van der Waals surface area contributed by atoms with Crippen molar-refractivity contribution in [2.24, 2.45) is 0 Å². The van der Waals surface area contributed by atoms with Crippen molar-refractivity contribution < 1.29 is 48.6 Å². The van der Waals surface area contributed by atoms with Crippen molar-refractivity contribution in [1.29, 1.82) is 0 Å². The number of phenols is 4. The summed E-state index contributed by atoms with van der Waals surface area (Å²) in [5, 5.41) is 40.7. The number of benzene rings is 4. The highest BCUT2D eigenvalue weighted by atomic mass is 16.5. The summed E-state index contributed by atoms with van der Waals surface area (Å²) in [4.78, 5) is 27.5. The number of ketones is 1. The molecule has 0 unspecified atom stereocenters. The summed E-state index contributed by atoms with van der Waals surface area (Å²) in [6.07, 6.45) is 0.925. The molecule has 4 aromatic carbocycles. The normalized spacial score (nSPS) is 21.0. The van der Waals surface area contributed by atoms with Gasteiger partial charge < -0.3 is 39.1 Å². The molecule has 1 aromatic heterocycles. The van der Waals surface area contributed by atoms with Gasteiger partial charge in [0, 0.05) is 40.3 Å². The first-order valence-electron chi connectivity index (χ1n) is 13.7. The first-order valence-corrected chi connectivity index (χ1v) is 13.7. The zero-order valence-corrected chi connectivity index (χ0v) is 22.9. The molecule has 8 rings (SSSR count). The first-order chi connectivity index (χ1) is 21.1. The molecule has 2 aliphatic heterocycles. The summed E-state index contributed by atoms with van der Waals surface area (Å²) in [5.74, 6) is -1.86. The molecule has 218 valence electrons. The number of esters is 1. The van der Waals surface area contributed by atoms with Gasteiger partial charge in [-0.1, -0.05) is 0 Å². The summed E-state index contributed by atoms with van der Waals surface area (Å²) < 4.78 is 24.5. The minimum atomic E-state index is -1.39. The monoisotopic (exact) mass is 590 g/mol. The second kappa shape index (κ2) is 8.81. The van der Waals surface area contributed by atoms with Crippen LogP contribution in [0.4, 0.5) is 0 Å². The van der Waals surface area contributed by atoms with Gasteiger partial charge in [-0.3, -0.25) is 4.79 Å². The van der Waals surface area contributed by atoms with Gasteiger partial charge >= 0.3 is 5.97 Å². The molecular formula is C34H22O10. The second-order valence-corrected chi connectivity index (χ2v) is 11.2. The van der Waals surface area contributed by atoms with Crippen molar-refractivity contribution in [3.05, 3.63) is 95.6 Å². The maximum absolute atomic E-state index is 14.1. The number of ether oxygens (including phenoxy) is 3. The molecule has 3 atom stereocenters. The van der Waals surface area contributed by atoms with Crippen LogP contribution in [0.2, 0.25) is 0 Å². The number of furan rings is 1. The fourth-order valence-corrected chi connectivity index (χ4v) is 6.24. The van der Waals surface area contributed by atoms with Gasteiger partial charge in [-0.2, -0.15) is 0 Å². The predicted molar refractivity (Wildman–Crippen MR) is 155 cm³/mol. The lowest BCUT2D eigenvalue weighted by molar-refractivity contribution is -0.133. The Morgan fingerprint density at radius 3 is 2.43 bits per heavy atom. The summed E-state index contributed by atoms with van der Waals surface area (Å²) >= 11 is 0. The molecule has 3 heterocycles. The van der Waals surface area contributed by atoms with Gasteiger partial charge in [0.05, 0.1) is 11.5 Å². The Hall–Kier alpha value is -5.90. The zero-order valence-electron chi connectivity index (χ0n) is 22.9. The lowest BCUT2D eigenvalue weighted by Gasteiger charge is -2.41. The van der Waals surface area contributed by atoms with E-state index in [2.05, 4.69) is 0 Å². The van der Waals surface area contributed by atoms with E-state index in [1.165, 1.54) is 36.4 Å². The van der Waals surface area contributed by atoms with Gasteiger partial charge in [-0.15, -0.1) is 0 Å². The number of aromatic hydroxyl groups is 4. The first kappa shape index (κ1) is 25.8. The van der Waals surface area contributed by atoms with Crippen molar-refractivity contribution in [3.8, 4) is 51.6 Å². The molecule has 3 aliphatic rings. The highest BCUT2D eigenvalue weighted by Gasteiger charge is 2.56. The SMILES string of the molecule is C[C@@]12C=C(c3ccc(O)cc3O1)[C@H]1Oc3cc(-c4cc5ccc(O)cc5o4)cc(OC(=O)c4ccc(O)cc4O)c3[C@H]1C2=O. The molecule has 0 saturated heterocycles. The molecule has 2 bridgehead atoms. The third-order valence-corrected chi connectivity index (χ3v) is 8.27. The van der Waals surface area contributed by atoms with Gasteiger partial charge in [-0.05, 0) is 67.6 Å². The number of hydrogen-bond acceptors (Lipinski definition) is 10. The van der Waals surface area contributed by atoms with E-state index >= 15 is 0 Å². The number of carbonyl (C=O) groups is 2. The lowest BCUT2D eigenvalue weighted by atomic mass is 9.71. The summed E-state index contributed by atoms with van der Waals surface area (Å²) in [5.41, 5.74) is 0.971. The van der Waals surface area contributed by atoms with Crippen LogP contribution in [0.15, 0.2) is 83.3 Å². The number of hydrogen-bond donors (Lipinski definition) is 4. The van der Waals surface area contributed by atoms with Gasteiger partial charge in [0.1, 0.15) is 63.3 Å². The quantitative estimate of drug-likeness (QED) is 0.150. The summed E-state index contributed by atoms with van der Waals surface area (Å²) in [6.45, 7) is 1.63. The molecule has 0 amide bonds. The van der Waals surface area contributed by atoms with Crippen LogP contribution >= 0.6 is 0 Å². The van der Waals surface area contributed by atoms with Gasteiger partial charge in [0.25, 0.3) is 0 Å². The van der Waals surface area contributed by atoms with Crippen LogP contribution in [-0.2, 0) is 4.79 Å². The molecule has 0 fully saturated rings. The number of carbonyl (C=O) groups excluding carboxylic acids is 2. The van der Waals surface area contributed by atoms with Crippen molar-refractivity contribution in [1.82, 2.24) is 0 Å². The second-order valence-electron chi connectivity index (χ2n) is 11.2. The third kappa shape index (κ3) is 3.74. The van der Waals surface area contributed by atoms with Crippen LogP contribution in [0.25, 0.3) is 27.9 Å². The average Bonchev–Trinajstić information content (AvgIpc) is 3.57. The van der Waals surface area contributed by atoms with E-state index in [-0.39, 0.29) is 40.1 Å². The molecule has 0 radical (unpaired) electrons. The minimum Gasteiger partial charge on any atom is -0.508 e. The maximum Gasteiger partial charge on any atom is 0.347 e. The van der Waals surface area contributed by atoms with E-state index in [1.807, 2.05) is 0 Å². The van der Waals surface area contributed by atoms with E-state index < -0.39 is 29.3 Å². The van der Waals surface area contributed by atoms with Crippen LogP contribution in [-0.4, -0.2) is 43.9 Å². The highest BCUT2D eigenvalue weighted by molar-refractivity contribution is 6.06. The highest BCUT2D eigenvalue weighted by Crippen LogP contribution is 2.57. The molecule has 0 saturated carbocycles. The number of fused-ring (bicyclic) bond motifs is 8. The van der Waals surface area contributed by atoms with E-state index in [0.717, 1.165) is 11.5 Å². The van der Waals surface area contributed by atoms with Gasteiger partial charge in [-0.25, -0.2) is 4.79 Å². The Morgan fingerprint density at radius 1 is 0.864 bits per heavy atom. The predicted octanol–water partition coefficient (Wildman–Crippen LogP) is 5.80. The Bertz CT molecular complexity index is 2120. The molecular weight excluding hydrogens is 568 g/mol. The van der Waals surface area contributed by atoms with Crippen molar-refractivity contribution in [2.45, 2.75) is 24.5 Å². The van der Waals surface area contributed by atoms with Crippen LogP contribution < -0.4 is 14.2 Å². The molecule has 10 nitrogen and oxygen atoms in total. The smallest absolute Gasteiger partial charge is 0.347 e. The Balaban J connectivity index is 1.29. The molecule has 1 aliphatic carbocycles. The third-order valence-electron chi connectivity index (χ3n) is 8.27. The largest absolute Gasteiger partial charge is 0.508 e. The van der Waals surface area contributed by atoms with Crippen molar-refractivity contribution in [3.63, 3.8) is 0 Å². The Labute approximate surface area is 248 Å². The van der Waals surface area contributed by atoms with Crippen LogP contribution in [0.5, 0.6) is 40.2 Å². The van der Waals surface area contributed by atoms with E-state index in [4.69, 9.17) is 18.6 Å². The molecule has 44 heavy (non-hydrogen) atoms. The summed E-state index contributed by atoms with van der Waals surface area (Å²) in [6, 6.07) is 17.9. The fourth-order valence-electron chi connectivity index (χ4n) is 6.24. The Morgan fingerprint density at radius 2 is 1.61 bits per heavy atom. The molecule has 4 N–H and O–H groups in total. The van der Waals surface area contributed by atoms with E-state index in [1.54, 1.807) is 43.3 Å². The van der Waals surface area contributed by atoms with Crippen LogP contribution in [0.3, 0.4) is 0 Å². The van der Waals surface area contributed by atoms with Gasteiger partial charge in [0.15, 0.2) is 11.4 Å². The molecule has 10 heteroatoms. The number of phenolic OH excluding ortho intramolecular Hbond substituents is 4. The Kier molecular flexibility index (Phi) is 5.16. The van der Waals surface area contributed by atoms with Crippen molar-refractivity contribution in [2.75, 3.05) is 0 Å². The molecule has 5 aromatic rings. The minimum absolute atomic E-state index is 0.00855. The standard InChI is InChI=1S/C34H22O10/c1-34-14-22(20-6-4-19(37)13-26(20)44-34)31-30(32(34)39)29-27(42-31)9-16(24-8-15-2-3-18(36)12-25(15)41-24)10-28(29)43-33(40)21-7-5-17(35)11-23(21)38/h2-14,30-31,35-38H,1H3/t30-,31-,34+/m1/s1. The number of Topliss-reactive ketones (excluding diaryl/α,β-unsaturated/α-hetero) is 1. The zero-order chi connectivity index (χ0) is 30.5. The van der Waals surface area contributed by atoms with E-state index in [0.29, 0.717) is 39.4 Å². The topological polar surface area (TPSA) is 156 Å². The van der Waals surface area contributed by atoms with E-state index in [9.17, 15) is 30.0 Å². The van der Waals surface area contributed by atoms with Gasteiger partial charge in [0.2, 0.25) is 0 Å². The van der Waals surface area contributed by atoms with Crippen molar-refractivity contribution >= 4 is 28.3 Å². The van der Waals surface area contributed by atoms with Crippen LogP contribution in [0.1, 0.15) is 34.3 Å². The molecule has 0 spiro atoms. The lowest BCUT2D eigenvalue weighted by Crippen LogP contribution is -2.51.